The Kier molecular flexibility index (Phi) is 5.51. The van der Waals surface area contributed by atoms with Crippen LogP contribution in [0.5, 0.6) is 5.75 Å². The van der Waals surface area contributed by atoms with Crippen LogP contribution < -0.4 is 10.1 Å². The Morgan fingerprint density at radius 1 is 1.21 bits per heavy atom. The molecule has 5 nitrogen and oxygen atoms in total. The van der Waals surface area contributed by atoms with Crippen LogP contribution in [0.1, 0.15) is 12.5 Å². The first kappa shape index (κ1) is 18.3. The number of benzene rings is 2. The number of carbonyl (C=O) groups excluding carboxylic acids is 1. The lowest BCUT2D eigenvalue weighted by Gasteiger charge is -2.16. The molecule has 0 aliphatic heterocycles. The van der Waals surface area contributed by atoms with E-state index < -0.39 is 15.9 Å². The summed E-state index contributed by atoms with van der Waals surface area (Å²) in [4.78, 5) is 12.4. The molecule has 2 aromatic carbocycles. The zero-order valence-corrected chi connectivity index (χ0v) is 15.1. The minimum atomic E-state index is -3.35. The van der Waals surface area contributed by atoms with E-state index in [1.807, 2.05) is 0 Å². The molecule has 0 heterocycles. The molecule has 128 valence electrons. The lowest BCUT2D eigenvalue weighted by Crippen LogP contribution is -2.30. The molecule has 2 aromatic rings. The standard InChI is InChI=1S/C17H18ClNO4S/c1-11-7-8-15(24(3,21)22)10-16(11)19-17(20)12(2)23-14-6-4-5-13(18)9-14/h4-10,12H,1-3H3,(H,19,20). The van der Waals surface area contributed by atoms with Gasteiger partial charge in [-0.2, -0.15) is 0 Å². The van der Waals surface area contributed by atoms with Crippen molar-refractivity contribution in [2.24, 2.45) is 0 Å². The molecule has 24 heavy (non-hydrogen) atoms. The Labute approximate surface area is 146 Å². The number of carbonyl (C=O) groups is 1. The lowest BCUT2D eigenvalue weighted by molar-refractivity contribution is -0.122. The van der Waals surface area contributed by atoms with Crippen molar-refractivity contribution in [1.82, 2.24) is 0 Å². The number of nitrogens with one attached hydrogen (secondary N) is 1. The van der Waals surface area contributed by atoms with Crippen LogP contribution in [0.3, 0.4) is 0 Å². The topological polar surface area (TPSA) is 72.5 Å². The van der Waals surface area contributed by atoms with Crippen molar-refractivity contribution in [3.63, 3.8) is 0 Å². The summed E-state index contributed by atoms with van der Waals surface area (Å²) < 4.78 is 28.8. The van der Waals surface area contributed by atoms with E-state index in [2.05, 4.69) is 5.32 Å². The summed E-state index contributed by atoms with van der Waals surface area (Å²) in [7, 11) is -3.35. The van der Waals surface area contributed by atoms with Crippen LogP contribution in [-0.4, -0.2) is 26.7 Å². The second-order valence-corrected chi connectivity index (χ2v) is 7.91. The van der Waals surface area contributed by atoms with Crippen molar-refractivity contribution in [2.75, 3.05) is 11.6 Å². The van der Waals surface area contributed by atoms with Crippen LogP contribution in [0.4, 0.5) is 5.69 Å². The number of sulfone groups is 1. The van der Waals surface area contributed by atoms with Gasteiger partial charge in [0.2, 0.25) is 0 Å². The summed E-state index contributed by atoms with van der Waals surface area (Å²) in [6.07, 6.45) is 0.346. The molecule has 0 aliphatic carbocycles. The molecular weight excluding hydrogens is 350 g/mol. The van der Waals surface area contributed by atoms with E-state index in [1.165, 1.54) is 12.1 Å². The van der Waals surface area contributed by atoms with E-state index >= 15 is 0 Å². The third-order valence-electron chi connectivity index (χ3n) is 3.37. The van der Waals surface area contributed by atoms with Gasteiger partial charge in [-0.25, -0.2) is 8.42 Å². The maximum atomic E-state index is 12.3. The highest BCUT2D eigenvalue weighted by Gasteiger charge is 2.17. The Morgan fingerprint density at radius 2 is 1.92 bits per heavy atom. The van der Waals surface area contributed by atoms with Crippen molar-refractivity contribution in [1.29, 1.82) is 0 Å². The van der Waals surface area contributed by atoms with E-state index in [0.29, 0.717) is 16.5 Å². The molecule has 1 unspecified atom stereocenters. The molecule has 0 aliphatic rings. The molecule has 2 rings (SSSR count). The van der Waals surface area contributed by atoms with E-state index in [9.17, 15) is 13.2 Å². The van der Waals surface area contributed by atoms with Gasteiger partial charge < -0.3 is 10.1 Å². The van der Waals surface area contributed by atoms with E-state index in [0.717, 1.165) is 11.8 Å². The second kappa shape index (κ2) is 7.23. The van der Waals surface area contributed by atoms with Crippen LogP contribution >= 0.6 is 11.6 Å². The first-order valence-corrected chi connectivity index (χ1v) is 9.47. The predicted molar refractivity (Wildman–Crippen MR) is 94.5 cm³/mol. The van der Waals surface area contributed by atoms with Gasteiger partial charge in [0, 0.05) is 17.0 Å². The molecular formula is C17H18ClNO4S. The molecule has 7 heteroatoms. The van der Waals surface area contributed by atoms with Gasteiger partial charge >= 0.3 is 0 Å². The van der Waals surface area contributed by atoms with Gasteiger partial charge in [0.25, 0.3) is 5.91 Å². The average molecular weight is 368 g/mol. The molecule has 0 radical (unpaired) electrons. The first-order chi connectivity index (χ1) is 11.2. The van der Waals surface area contributed by atoms with Crippen molar-refractivity contribution in [3.8, 4) is 5.75 Å². The van der Waals surface area contributed by atoms with Crippen molar-refractivity contribution in [3.05, 3.63) is 53.1 Å². The van der Waals surface area contributed by atoms with E-state index in [-0.39, 0.29) is 10.8 Å². The van der Waals surface area contributed by atoms with Crippen LogP contribution in [0.25, 0.3) is 0 Å². The Balaban J connectivity index is 2.14. The molecule has 1 amide bonds. The second-order valence-electron chi connectivity index (χ2n) is 5.46. The fraction of sp³-hybridized carbons (Fsp3) is 0.235. The van der Waals surface area contributed by atoms with Crippen molar-refractivity contribution < 1.29 is 17.9 Å². The number of hydrogen-bond donors (Lipinski definition) is 1. The largest absolute Gasteiger partial charge is 0.481 e. The fourth-order valence-electron chi connectivity index (χ4n) is 2.00. The Bertz CT molecular complexity index is 865. The lowest BCUT2D eigenvalue weighted by atomic mass is 10.2. The SMILES string of the molecule is Cc1ccc(S(C)(=O)=O)cc1NC(=O)C(C)Oc1cccc(Cl)c1. The van der Waals surface area contributed by atoms with Gasteiger partial charge in [-0.05, 0) is 49.7 Å². The summed E-state index contributed by atoms with van der Waals surface area (Å²) in [5.74, 6) is 0.0930. The fourth-order valence-corrected chi connectivity index (χ4v) is 2.83. The van der Waals surface area contributed by atoms with E-state index in [4.69, 9.17) is 16.3 Å². The predicted octanol–water partition coefficient (Wildman–Crippen LogP) is 3.46. The van der Waals surface area contributed by atoms with Crippen LogP contribution in [0, 0.1) is 6.92 Å². The minimum absolute atomic E-state index is 0.145. The molecule has 0 aromatic heterocycles. The normalized spacial score (nSPS) is 12.5. The van der Waals surface area contributed by atoms with Crippen molar-refractivity contribution in [2.45, 2.75) is 24.8 Å². The van der Waals surface area contributed by atoms with Crippen LogP contribution in [-0.2, 0) is 14.6 Å². The molecule has 1 atom stereocenters. The van der Waals surface area contributed by atoms with Gasteiger partial charge in [-0.15, -0.1) is 0 Å². The zero-order chi connectivity index (χ0) is 17.9. The number of ether oxygens (including phenoxy) is 1. The van der Waals surface area contributed by atoms with Crippen molar-refractivity contribution >= 4 is 33.0 Å². The Morgan fingerprint density at radius 3 is 2.54 bits per heavy atom. The summed E-state index contributed by atoms with van der Waals surface area (Å²) in [5, 5.41) is 3.21. The summed E-state index contributed by atoms with van der Waals surface area (Å²) >= 11 is 5.88. The molecule has 0 saturated heterocycles. The van der Waals surface area contributed by atoms with Gasteiger partial charge in [-0.3, -0.25) is 4.79 Å². The average Bonchev–Trinajstić information content (AvgIpc) is 2.48. The molecule has 0 fully saturated rings. The van der Waals surface area contributed by atoms with Gasteiger partial charge in [0.15, 0.2) is 15.9 Å². The van der Waals surface area contributed by atoms with Crippen LogP contribution in [0.15, 0.2) is 47.4 Å². The highest BCUT2D eigenvalue weighted by atomic mass is 35.5. The van der Waals surface area contributed by atoms with E-state index in [1.54, 1.807) is 44.2 Å². The van der Waals surface area contributed by atoms with Gasteiger partial charge in [0.05, 0.1) is 4.90 Å². The third-order valence-corrected chi connectivity index (χ3v) is 4.72. The number of hydrogen-bond acceptors (Lipinski definition) is 4. The summed E-state index contributed by atoms with van der Waals surface area (Å²) in [6.45, 7) is 3.39. The quantitative estimate of drug-likeness (QED) is 0.878. The maximum absolute atomic E-state index is 12.3. The monoisotopic (exact) mass is 367 g/mol. The number of aryl methyl sites for hydroxylation is 1. The van der Waals surface area contributed by atoms with Gasteiger partial charge in [-0.1, -0.05) is 23.7 Å². The smallest absolute Gasteiger partial charge is 0.265 e. The minimum Gasteiger partial charge on any atom is -0.481 e. The van der Waals surface area contributed by atoms with Gasteiger partial charge in [0.1, 0.15) is 5.75 Å². The zero-order valence-electron chi connectivity index (χ0n) is 13.5. The molecule has 0 bridgehead atoms. The molecule has 0 spiro atoms. The Hall–Kier alpha value is -2.05. The maximum Gasteiger partial charge on any atom is 0.265 e. The molecule has 1 N–H and O–H groups in total. The highest BCUT2D eigenvalue weighted by Crippen LogP contribution is 2.22. The summed E-state index contributed by atoms with van der Waals surface area (Å²) in [6, 6.07) is 11.3. The first-order valence-electron chi connectivity index (χ1n) is 7.20. The summed E-state index contributed by atoms with van der Waals surface area (Å²) in [5.41, 5.74) is 1.19. The number of halogens is 1. The highest BCUT2D eigenvalue weighted by molar-refractivity contribution is 7.90. The molecule has 0 saturated carbocycles. The number of rotatable bonds is 5. The number of anilines is 1. The van der Waals surface area contributed by atoms with Crippen LogP contribution in [0.2, 0.25) is 5.02 Å². The third kappa shape index (κ3) is 4.72. The number of amides is 1.